The number of aliphatic hydroxyl groups excluding tert-OH is 3. The normalized spacial score (nSPS) is 56.2. The summed E-state index contributed by atoms with van der Waals surface area (Å²) in [4.78, 5) is 12.2. The average Bonchev–Trinajstić information content (AvgIpc) is 2.82. The van der Waals surface area contributed by atoms with Gasteiger partial charge >= 0.3 is 0 Å². The van der Waals surface area contributed by atoms with Crippen molar-refractivity contribution in [2.75, 3.05) is 0 Å². The highest BCUT2D eigenvalue weighted by Gasteiger charge is 2.67. The molecule has 0 unspecified atom stereocenters. The highest BCUT2D eigenvalue weighted by atomic mass is 16.3. The molecule has 0 spiro atoms. The van der Waals surface area contributed by atoms with Gasteiger partial charge in [0, 0.05) is 23.2 Å². The average molecular weight is 364 g/mol. The molecule has 0 aliphatic heterocycles. The Hall–Kier alpha value is -0.750. The number of rotatable bonds is 1. The third kappa shape index (κ3) is 2.15. The molecule has 3 fully saturated rings. The quantitative estimate of drug-likeness (QED) is 0.566. The molecule has 5 heteroatoms. The van der Waals surface area contributed by atoms with Gasteiger partial charge in [-0.25, -0.2) is 0 Å². The topological polar surface area (TPSA) is 98.0 Å². The number of aliphatic hydroxyl groups is 4. The summed E-state index contributed by atoms with van der Waals surface area (Å²) in [5.74, 6) is 0.165. The standard InChI is InChI=1S/C21H32O5/c1-11(22)15-9-16(24)18-13-8-17(25)21(26)10-12(23)4-7-20(21,3)14(13)5-6-19(15,18)2/h9,12-14,16-18,23-26H,4-8,10H2,1-3H3/t12-,13+,14-,16+,17+,18+,19+,20+,21-/m0/s1. The molecule has 0 aromatic rings. The Morgan fingerprint density at radius 3 is 2.50 bits per heavy atom. The van der Waals surface area contributed by atoms with E-state index in [4.69, 9.17) is 0 Å². The second-order valence-corrected chi connectivity index (χ2v) is 9.87. The first kappa shape index (κ1) is 18.6. The summed E-state index contributed by atoms with van der Waals surface area (Å²) in [5.41, 5.74) is -1.38. The van der Waals surface area contributed by atoms with Crippen LogP contribution in [-0.2, 0) is 4.79 Å². The fourth-order valence-corrected chi connectivity index (χ4v) is 7.44. The van der Waals surface area contributed by atoms with Gasteiger partial charge in [-0.3, -0.25) is 4.79 Å². The van der Waals surface area contributed by atoms with Crippen LogP contribution in [0.3, 0.4) is 0 Å². The van der Waals surface area contributed by atoms with Crippen LogP contribution in [-0.4, -0.2) is 50.1 Å². The zero-order valence-electron chi connectivity index (χ0n) is 16.0. The predicted octanol–water partition coefficient (Wildman–Crippen LogP) is 1.57. The highest BCUT2D eigenvalue weighted by molar-refractivity contribution is 5.95. The van der Waals surface area contributed by atoms with E-state index in [9.17, 15) is 25.2 Å². The molecule has 4 rings (SSSR count). The van der Waals surface area contributed by atoms with Gasteiger partial charge in [0.2, 0.25) is 0 Å². The fourth-order valence-electron chi connectivity index (χ4n) is 7.44. The molecule has 0 radical (unpaired) electrons. The molecule has 4 aliphatic carbocycles. The third-order valence-electron chi connectivity index (χ3n) is 8.79. The molecule has 146 valence electrons. The van der Waals surface area contributed by atoms with Crippen LogP contribution in [0.4, 0.5) is 0 Å². The van der Waals surface area contributed by atoms with Gasteiger partial charge in [-0.2, -0.15) is 0 Å². The summed E-state index contributed by atoms with van der Waals surface area (Å²) in [6.45, 7) is 5.70. The molecule has 0 saturated heterocycles. The lowest BCUT2D eigenvalue weighted by Gasteiger charge is -2.65. The van der Waals surface area contributed by atoms with E-state index in [-0.39, 0.29) is 35.4 Å². The molecule has 0 aromatic heterocycles. The lowest BCUT2D eigenvalue weighted by molar-refractivity contribution is -0.265. The molecule has 3 saturated carbocycles. The maximum atomic E-state index is 12.2. The van der Waals surface area contributed by atoms with E-state index >= 15 is 0 Å². The minimum atomic E-state index is -1.28. The SMILES string of the molecule is CC(=O)C1=C[C@@H](O)[C@H]2[C@@H]3C[C@@H](O)[C@@]4(O)C[C@@H](O)CC[C@]4(C)[C@H]3CC[C@]12C. The van der Waals surface area contributed by atoms with Crippen LogP contribution in [0.2, 0.25) is 0 Å². The lowest BCUT2D eigenvalue weighted by atomic mass is 9.42. The van der Waals surface area contributed by atoms with Gasteiger partial charge in [-0.05, 0) is 62.5 Å². The molecule has 0 heterocycles. The van der Waals surface area contributed by atoms with Crippen LogP contribution in [0.25, 0.3) is 0 Å². The van der Waals surface area contributed by atoms with Crippen LogP contribution in [0, 0.1) is 28.6 Å². The first-order chi connectivity index (χ1) is 12.0. The van der Waals surface area contributed by atoms with Gasteiger partial charge in [0.1, 0.15) is 0 Å². The Morgan fingerprint density at radius 2 is 1.85 bits per heavy atom. The fraction of sp³-hybridized carbons (Fsp3) is 0.857. The molecular weight excluding hydrogens is 332 g/mol. The summed E-state index contributed by atoms with van der Waals surface area (Å²) < 4.78 is 0. The maximum Gasteiger partial charge on any atom is 0.156 e. The van der Waals surface area contributed by atoms with E-state index in [1.165, 1.54) is 0 Å². The van der Waals surface area contributed by atoms with Crippen molar-refractivity contribution < 1.29 is 25.2 Å². The van der Waals surface area contributed by atoms with Crippen molar-refractivity contribution in [3.63, 3.8) is 0 Å². The Kier molecular flexibility index (Phi) is 4.03. The van der Waals surface area contributed by atoms with Crippen LogP contribution in [0.1, 0.15) is 59.3 Å². The van der Waals surface area contributed by atoms with Crippen LogP contribution in [0.5, 0.6) is 0 Å². The molecule has 5 nitrogen and oxygen atoms in total. The highest BCUT2D eigenvalue weighted by Crippen LogP contribution is 2.67. The minimum absolute atomic E-state index is 0.0207. The van der Waals surface area contributed by atoms with Crippen molar-refractivity contribution in [1.29, 1.82) is 0 Å². The van der Waals surface area contributed by atoms with Crippen molar-refractivity contribution in [3.8, 4) is 0 Å². The molecule has 4 aliphatic rings. The van der Waals surface area contributed by atoms with Crippen molar-refractivity contribution in [2.24, 2.45) is 28.6 Å². The van der Waals surface area contributed by atoms with Crippen LogP contribution >= 0.6 is 0 Å². The molecule has 0 amide bonds. The van der Waals surface area contributed by atoms with Gasteiger partial charge in [0.05, 0.1) is 23.9 Å². The molecule has 26 heavy (non-hydrogen) atoms. The number of hydrogen-bond acceptors (Lipinski definition) is 5. The van der Waals surface area contributed by atoms with Crippen molar-refractivity contribution in [1.82, 2.24) is 0 Å². The van der Waals surface area contributed by atoms with Crippen LogP contribution in [0.15, 0.2) is 11.6 Å². The van der Waals surface area contributed by atoms with Gasteiger partial charge in [-0.15, -0.1) is 0 Å². The van der Waals surface area contributed by atoms with Gasteiger partial charge in [0.25, 0.3) is 0 Å². The number of carbonyl (C=O) groups is 1. The van der Waals surface area contributed by atoms with E-state index in [2.05, 4.69) is 13.8 Å². The summed E-state index contributed by atoms with van der Waals surface area (Å²) in [7, 11) is 0. The number of allylic oxidation sites excluding steroid dienone is 1. The zero-order valence-corrected chi connectivity index (χ0v) is 16.0. The first-order valence-electron chi connectivity index (χ1n) is 10.0. The number of hydrogen-bond donors (Lipinski definition) is 4. The molecular formula is C21H32O5. The first-order valence-corrected chi connectivity index (χ1v) is 10.0. The number of carbonyl (C=O) groups excluding carboxylic acids is 1. The lowest BCUT2D eigenvalue weighted by Crippen LogP contribution is -2.69. The molecule has 0 aromatic carbocycles. The van der Waals surface area contributed by atoms with E-state index in [1.807, 2.05) is 0 Å². The number of ketones is 1. The summed E-state index contributed by atoms with van der Waals surface area (Å²) in [6.07, 6.45) is 3.19. The molecule has 4 N–H and O–H groups in total. The van der Waals surface area contributed by atoms with Gasteiger partial charge in [0.15, 0.2) is 5.78 Å². The second-order valence-electron chi connectivity index (χ2n) is 9.87. The molecule has 0 bridgehead atoms. The maximum absolute atomic E-state index is 12.2. The molecule has 9 atom stereocenters. The van der Waals surface area contributed by atoms with E-state index < -0.39 is 29.3 Å². The monoisotopic (exact) mass is 364 g/mol. The third-order valence-corrected chi connectivity index (χ3v) is 8.79. The van der Waals surface area contributed by atoms with Crippen molar-refractivity contribution in [2.45, 2.75) is 83.2 Å². The van der Waals surface area contributed by atoms with E-state index in [1.54, 1.807) is 13.0 Å². The van der Waals surface area contributed by atoms with Crippen molar-refractivity contribution in [3.05, 3.63) is 11.6 Å². The largest absolute Gasteiger partial charge is 0.393 e. The number of fused-ring (bicyclic) bond motifs is 5. The summed E-state index contributed by atoms with van der Waals surface area (Å²) in [5, 5.41) is 43.2. The van der Waals surface area contributed by atoms with Crippen LogP contribution < -0.4 is 0 Å². The van der Waals surface area contributed by atoms with E-state index in [0.717, 1.165) is 18.4 Å². The Bertz CT molecular complexity index is 659. The van der Waals surface area contributed by atoms with Gasteiger partial charge < -0.3 is 20.4 Å². The second kappa shape index (κ2) is 5.63. The Morgan fingerprint density at radius 1 is 1.15 bits per heavy atom. The minimum Gasteiger partial charge on any atom is -0.393 e. The smallest absolute Gasteiger partial charge is 0.156 e. The Labute approximate surface area is 155 Å². The van der Waals surface area contributed by atoms with Gasteiger partial charge in [-0.1, -0.05) is 13.8 Å². The van der Waals surface area contributed by atoms with Crippen molar-refractivity contribution >= 4 is 5.78 Å². The summed E-state index contributed by atoms with van der Waals surface area (Å²) in [6, 6.07) is 0. The number of Topliss-reactive ketones (excluding diaryl/α,β-unsaturated/α-hetero) is 1. The Balaban J connectivity index is 1.74. The van der Waals surface area contributed by atoms with E-state index in [0.29, 0.717) is 19.3 Å². The predicted molar refractivity (Wildman–Crippen MR) is 96.1 cm³/mol. The summed E-state index contributed by atoms with van der Waals surface area (Å²) >= 11 is 0. The zero-order chi connectivity index (χ0) is 19.1.